The van der Waals surface area contributed by atoms with E-state index in [9.17, 15) is 4.79 Å². The third kappa shape index (κ3) is 4.78. The molecular weight excluding hydrogens is 474 g/mol. The van der Waals surface area contributed by atoms with Crippen molar-refractivity contribution in [2.24, 2.45) is 0 Å². The van der Waals surface area contributed by atoms with Crippen LogP contribution in [-0.2, 0) is 17.7 Å². The van der Waals surface area contributed by atoms with Gasteiger partial charge in [-0.1, -0.05) is 18.5 Å². The Kier molecular flexibility index (Phi) is 7.75. The number of aromatic nitrogens is 3. The maximum absolute atomic E-state index is 13.7. The average molecular weight is 504 g/mol. The molecule has 1 unspecified atom stereocenters. The molecule has 182 valence electrons. The molecule has 10 heteroatoms. The number of nitrogens with zero attached hydrogens (tertiary/aromatic N) is 4. The maximum Gasteiger partial charge on any atom is 0.277 e. The lowest BCUT2D eigenvalue weighted by Gasteiger charge is -2.23. The van der Waals surface area contributed by atoms with Gasteiger partial charge < -0.3 is 19.7 Å². The molecule has 2 atom stereocenters. The molecule has 0 saturated carbocycles. The minimum Gasteiger partial charge on any atom is -0.497 e. The van der Waals surface area contributed by atoms with Crippen LogP contribution in [0.2, 0.25) is 5.02 Å². The van der Waals surface area contributed by atoms with Crippen molar-refractivity contribution >= 4 is 33.8 Å². The Morgan fingerprint density at radius 1 is 1.26 bits per heavy atom. The zero-order valence-corrected chi connectivity index (χ0v) is 21.4. The van der Waals surface area contributed by atoms with Crippen LogP contribution >= 0.6 is 22.9 Å². The van der Waals surface area contributed by atoms with Crippen molar-refractivity contribution in [3.63, 3.8) is 0 Å². The maximum atomic E-state index is 13.7. The first-order valence-electron chi connectivity index (χ1n) is 11.5. The van der Waals surface area contributed by atoms with Gasteiger partial charge in [-0.25, -0.2) is 9.97 Å². The summed E-state index contributed by atoms with van der Waals surface area (Å²) >= 11 is 8.14. The lowest BCUT2D eigenvalue weighted by atomic mass is 10.1. The van der Waals surface area contributed by atoms with Gasteiger partial charge in [-0.15, -0.1) is 11.3 Å². The number of halogens is 1. The Bertz CT molecular complexity index is 1180. The van der Waals surface area contributed by atoms with E-state index in [0.29, 0.717) is 59.7 Å². The first-order valence-corrected chi connectivity index (χ1v) is 12.8. The van der Waals surface area contributed by atoms with Gasteiger partial charge in [0.2, 0.25) is 0 Å². The number of rotatable bonds is 9. The highest BCUT2D eigenvalue weighted by Gasteiger charge is 2.35. The van der Waals surface area contributed by atoms with Crippen LogP contribution in [0.3, 0.4) is 0 Å². The normalized spacial score (nSPS) is 17.9. The molecule has 1 saturated heterocycles. The summed E-state index contributed by atoms with van der Waals surface area (Å²) in [5.41, 5.74) is 1.82. The van der Waals surface area contributed by atoms with Crippen molar-refractivity contribution in [3.8, 4) is 17.1 Å². The quantitative estimate of drug-likeness (QED) is 0.465. The van der Waals surface area contributed by atoms with Crippen molar-refractivity contribution in [1.29, 1.82) is 0 Å². The Morgan fingerprint density at radius 3 is 2.71 bits per heavy atom. The summed E-state index contributed by atoms with van der Waals surface area (Å²) in [5.74, 6) is 1.21. The molecule has 2 aromatic heterocycles. The van der Waals surface area contributed by atoms with Crippen molar-refractivity contribution in [2.45, 2.75) is 45.9 Å². The number of benzene rings is 1. The van der Waals surface area contributed by atoms with E-state index < -0.39 is 0 Å². The highest BCUT2D eigenvalue weighted by Crippen LogP contribution is 2.31. The highest BCUT2D eigenvalue weighted by molar-refractivity contribution is 7.13. The highest BCUT2D eigenvalue weighted by atomic mass is 35.5. The van der Waals surface area contributed by atoms with Gasteiger partial charge in [0.15, 0.2) is 5.13 Å². The van der Waals surface area contributed by atoms with E-state index in [2.05, 4.69) is 15.2 Å². The van der Waals surface area contributed by atoms with Crippen LogP contribution in [0, 0.1) is 0 Å². The molecule has 4 rings (SSSR count). The summed E-state index contributed by atoms with van der Waals surface area (Å²) in [5, 5.41) is 6.91. The van der Waals surface area contributed by atoms with Crippen LogP contribution in [-0.4, -0.2) is 53.5 Å². The predicted octanol–water partition coefficient (Wildman–Crippen LogP) is 4.32. The molecule has 0 aliphatic carbocycles. The SMILES string of the molecule is CCO[C@H]1CN(c2nccs2)CC1Nc1c(CC)nc(-c2ccc(OC)cc2Cl)n(CC)c1=O. The first-order chi connectivity index (χ1) is 16.5. The van der Waals surface area contributed by atoms with Crippen LogP contribution < -0.4 is 20.5 Å². The van der Waals surface area contributed by atoms with E-state index in [-0.39, 0.29) is 17.7 Å². The predicted molar refractivity (Wildman–Crippen MR) is 138 cm³/mol. The molecule has 0 radical (unpaired) electrons. The van der Waals surface area contributed by atoms with E-state index in [1.54, 1.807) is 35.3 Å². The third-order valence-corrected chi connectivity index (χ3v) is 7.12. The minimum absolute atomic E-state index is 0.0654. The monoisotopic (exact) mass is 503 g/mol. The van der Waals surface area contributed by atoms with Gasteiger partial charge in [0.25, 0.3) is 5.56 Å². The van der Waals surface area contributed by atoms with Gasteiger partial charge in [-0.2, -0.15) is 0 Å². The molecule has 1 fully saturated rings. The molecule has 0 amide bonds. The fourth-order valence-electron chi connectivity index (χ4n) is 4.31. The Balaban J connectivity index is 1.72. The van der Waals surface area contributed by atoms with Crippen molar-refractivity contribution in [2.75, 3.05) is 37.0 Å². The number of anilines is 2. The molecule has 3 heterocycles. The Labute approximate surface area is 208 Å². The molecule has 34 heavy (non-hydrogen) atoms. The molecule has 1 N–H and O–H groups in total. The molecule has 0 spiro atoms. The lowest BCUT2D eigenvalue weighted by molar-refractivity contribution is 0.0720. The Morgan fingerprint density at radius 2 is 2.09 bits per heavy atom. The van der Waals surface area contributed by atoms with Crippen LogP contribution in [0.25, 0.3) is 11.4 Å². The lowest BCUT2D eigenvalue weighted by Crippen LogP contribution is -2.38. The van der Waals surface area contributed by atoms with E-state index in [4.69, 9.17) is 26.1 Å². The molecule has 8 nitrogen and oxygen atoms in total. The number of thiazole rings is 1. The van der Waals surface area contributed by atoms with Gasteiger partial charge in [-0.3, -0.25) is 9.36 Å². The summed E-state index contributed by atoms with van der Waals surface area (Å²) in [6, 6.07) is 5.34. The second-order valence-corrected chi connectivity index (χ2v) is 9.25. The minimum atomic E-state index is -0.112. The smallest absolute Gasteiger partial charge is 0.277 e. The molecule has 1 aliphatic rings. The summed E-state index contributed by atoms with van der Waals surface area (Å²) in [7, 11) is 1.59. The third-order valence-electron chi connectivity index (χ3n) is 5.98. The fourth-order valence-corrected chi connectivity index (χ4v) is 5.23. The van der Waals surface area contributed by atoms with Gasteiger partial charge in [0.05, 0.1) is 30.0 Å². The zero-order valence-electron chi connectivity index (χ0n) is 19.9. The summed E-state index contributed by atoms with van der Waals surface area (Å²) in [6.07, 6.45) is 2.34. The van der Waals surface area contributed by atoms with Crippen molar-refractivity contribution in [1.82, 2.24) is 14.5 Å². The van der Waals surface area contributed by atoms with Crippen LogP contribution in [0.15, 0.2) is 34.6 Å². The number of hydrogen-bond acceptors (Lipinski definition) is 8. The van der Waals surface area contributed by atoms with Gasteiger partial charge in [0, 0.05) is 43.4 Å². The number of hydrogen-bond donors (Lipinski definition) is 1. The molecule has 3 aromatic rings. The molecule has 1 aliphatic heterocycles. The Hall–Kier alpha value is -2.62. The number of aryl methyl sites for hydroxylation is 1. The molecular formula is C24H30ClN5O3S. The number of nitrogens with one attached hydrogen (secondary N) is 1. The second-order valence-electron chi connectivity index (χ2n) is 7.97. The van der Waals surface area contributed by atoms with Gasteiger partial charge >= 0.3 is 0 Å². The van der Waals surface area contributed by atoms with Crippen LogP contribution in [0.5, 0.6) is 5.75 Å². The number of ether oxygens (including phenoxy) is 2. The van der Waals surface area contributed by atoms with E-state index in [1.165, 1.54) is 0 Å². The summed E-state index contributed by atoms with van der Waals surface area (Å²) < 4.78 is 13.0. The largest absolute Gasteiger partial charge is 0.497 e. The second kappa shape index (κ2) is 10.8. The summed E-state index contributed by atoms with van der Waals surface area (Å²) in [4.78, 5) is 25.2. The van der Waals surface area contributed by atoms with Gasteiger partial charge in [-0.05, 0) is 38.5 Å². The molecule has 0 bridgehead atoms. The fraction of sp³-hybridized carbons (Fsp3) is 0.458. The van der Waals surface area contributed by atoms with Gasteiger partial charge in [0.1, 0.15) is 17.3 Å². The van der Waals surface area contributed by atoms with E-state index >= 15 is 0 Å². The van der Waals surface area contributed by atoms with Crippen LogP contribution in [0.1, 0.15) is 26.5 Å². The molecule has 1 aromatic carbocycles. The number of methoxy groups -OCH3 is 1. The topological polar surface area (TPSA) is 81.5 Å². The van der Waals surface area contributed by atoms with Crippen molar-refractivity contribution < 1.29 is 9.47 Å². The van der Waals surface area contributed by atoms with Crippen molar-refractivity contribution in [3.05, 3.63) is 50.8 Å². The van der Waals surface area contributed by atoms with E-state index in [0.717, 1.165) is 11.7 Å². The average Bonchev–Trinajstić information content (AvgIpc) is 3.51. The van der Waals surface area contributed by atoms with Crippen LogP contribution in [0.4, 0.5) is 10.8 Å². The first kappa shape index (κ1) is 24.5. The zero-order chi connectivity index (χ0) is 24.2. The summed E-state index contributed by atoms with van der Waals surface area (Å²) in [6.45, 7) is 8.39. The van der Waals surface area contributed by atoms with E-state index in [1.807, 2.05) is 38.3 Å². The standard InChI is InChI=1S/C24H30ClN5O3S/c1-5-18-21(27-19-13-29(14-20(19)33-7-3)24-26-10-11-34-24)23(31)30(6-2)22(28-18)16-9-8-15(32-4)12-17(16)25/h8-12,19-20,27H,5-7,13-14H2,1-4H3/t19?,20-/m0/s1.